The van der Waals surface area contributed by atoms with Gasteiger partial charge in [0.15, 0.2) is 4.87 Å². The van der Waals surface area contributed by atoms with Crippen molar-refractivity contribution < 1.29 is 22.7 Å². The summed E-state index contributed by atoms with van der Waals surface area (Å²) in [5, 5.41) is 1.86. The number of anilines is 1. The molecule has 1 aliphatic heterocycles. The van der Waals surface area contributed by atoms with Crippen molar-refractivity contribution in [1.82, 2.24) is 0 Å². The number of hydrogen-bond donors (Lipinski definition) is 1. The molecule has 1 heterocycles. The zero-order chi connectivity index (χ0) is 17.7. The Morgan fingerprint density at radius 3 is 2.46 bits per heavy atom. The van der Waals surface area contributed by atoms with Crippen molar-refractivity contribution in [1.29, 1.82) is 0 Å². The van der Waals surface area contributed by atoms with E-state index in [0.717, 1.165) is 12.1 Å². The maximum absolute atomic E-state index is 13.0. The molecule has 0 saturated carbocycles. The highest BCUT2D eigenvalue weighted by molar-refractivity contribution is 6.42. The second-order valence-corrected chi connectivity index (χ2v) is 6.16. The number of methoxy groups -OCH3 is 1. The molecule has 0 spiro atoms. The lowest BCUT2D eigenvalue weighted by molar-refractivity contribution is -0.137. The molecule has 1 aliphatic rings. The van der Waals surface area contributed by atoms with Gasteiger partial charge in [-0.1, -0.05) is 41.4 Å². The smallest absolute Gasteiger partial charge is 0.417 e. The molecule has 3 nitrogen and oxygen atoms in total. The third kappa shape index (κ3) is 2.41. The van der Waals surface area contributed by atoms with Crippen molar-refractivity contribution in [3.8, 4) is 5.75 Å². The average molecular weight is 376 g/mol. The van der Waals surface area contributed by atoms with Gasteiger partial charge in [0.05, 0.1) is 17.7 Å². The highest BCUT2D eigenvalue weighted by Gasteiger charge is 2.50. The van der Waals surface area contributed by atoms with Gasteiger partial charge >= 0.3 is 6.18 Å². The van der Waals surface area contributed by atoms with E-state index < -0.39 is 27.5 Å². The summed E-state index contributed by atoms with van der Waals surface area (Å²) in [7, 11) is 1.41. The molecule has 0 aliphatic carbocycles. The minimum Gasteiger partial charge on any atom is -0.496 e. The molecule has 0 saturated heterocycles. The Morgan fingerprint density at radius 2 is 1.83 bits per heavy atom. The summed E-state index contributed by atoms with van der Waals surface area (Å²) in [6.07, 6.45) is -4.64. The largest absolute Gasteiger partial charge is 0.496 e. The number of fused-ring (bicyclic) bond motifs is 1. The zero-order valence-corrected chi connectivity index (χ0v) is 13.7. The van der Waals surface area contributed by atoms with Crippen molar-refractivity contribution in [2.75, 3.05) is 12.4 Å². The topological polar surface area (TPSA) is 38.3 Å². The molecular formula is C16H10Cl2F3NO2. The SMILES string of the molecule is COc1ccccc1C1(Cl)C(=O)Nc2cc(C(F)(F)F)c(Cl)cc21. The second-order valence-electron chi connectivity index (χ2n) is 5.19. The van der Waals surface area contributed by atoms with Crippen molar-refractivity contribution in [3.63, 3.8) is 0 Å². The summed E-state index contributed by atoms with van der Waals surface area (Å²) >= 11 is 12.3. The number of rotatable bonds is 2. The summed E-state index contributed by atoms with van der Waals surface area (Å²) in [6, 6.07) is 8.38. The predicted octanol–water partition coefficient (Wildman–Crippen LogP) is 4.80. The van der Waals surface area contributed by atoms with Crippen molar-refractivity contribution in [2.24, 2.45) is 0 Å². The summed E-state index contributed by atoms with van der Waals surface area (Å²) in [6.45, 7) is 0. The van der Waals surface area contributed by atoms with Crippen LogP contribution in [0.15, 0.2) is 36.4 Å². The number of halogens is 5. The molecule has 1 unspecified atom stereocenters. The Labute approximate surface area is 145 Å². The molecule has 126 valence electrons. The van der Waals surface area contributed by atoms with Crippen LogP contribution in [0.1, 0.15) is 16.7 Å². The fourth-order valence-electron chi connectivity index (χ4n) is 2.71. The van der Waals surface area contributed by atoms with Gasteiger partial charge in [0.2, 0.25) is 0 Å². The molecule has 1 amide bonds. The molecule has 0 bridgehead atoms. The summed E-state index contributed by atoms with van der Waals surface area (Å²) in [5.41, 5.74) is -0.598. The van der Waals surface area contributed by atoms with Gasteiger partial charge in [0.1, 0.15) is 5.75 Å². The quantitative estimate of drug-likeness (QED) is 0.765. The van der Waals surface area contributed by atoms with E-state index in [-0.39, 0.29) is 11.3 Å². The van der Waals surface area contributed by atoms with Gasteiger partial charge < -0.3 is 10.1 Å². The molecule has 1 atom stereocenters. The highest BCUT2D eigenvalue weighted by Crippen LogP contribution is 2.51. The van der Waals surface area contributed by atoms with E-state index in [2.05, 4.69) is 5.32 Å². The van der Waals surface area contributed by atoms with Crippen LogP contribution in [0, 0.1) is 0 Å². The number of amides is 1. The third-order valence-corrected chi connectivity index (χ3v) is 4.71. The molecule has 3 rings (SSSR count). The molecule has 0 fully saturated rings. The van der Waals surface area contributed by atoms with E-state index in [4.69, 9.17) is 27.9 Å². The fraction of sp³-hybridized carbons (Fsp3) is 0.188. The van der Waals surface area contributed by atoms with E-state index in [1.165, 1.54) is 7.11 Å². The Kier molecular flexibility index (Phi) is 3.92. The zero-order valence-electron chi connectivity index (χ0n) is 12.2. The number of nitrogens with one attached hydrogen (secondary N) is 1. The number of benzene rings is 2. The number of alkyl halides is 4. The van der Waals surface area contributed by atoms with E-state index >= 15 is 0 Å². The van der Waals surface area contributed by atoms with Crippen LogP contribution in [0.3, 0.4) is 0 Å². The van der Waals surface area contributed by atoms with E-state index in [1.807, 2.05) is 0 Å². The van der Waals surface area contributed by atoms with Gasteiger partial charge in [-0.2, -0.15) is 13.2 Å². The van der Waals surface area contributed by atoms with Crippen molar-refractivity contribution in [2.45, 2.75) is 11.1 Å². The Morgan fingerprint density at radius 1 is 1.17 bits per heavy atom. The molecule has 8 heteroatoms. The van der Waals surface area contributed by atoms with Crippen molar-refractivity contribution >= 4 is 34.8 Å². The molecular weight excluding hydrogens is 366 g/mol. The Balaban J connectivity index is 2.25. The third-order valence-electron chi connectivity index (χ3n) is 3.82. The van der Waals surface area contributed by atoms with Crippen LogP contribution in [0.5, 0.6) is 5.75 Å². The summed E-state index contributed by atoms with van der Waals surface area (Å²) in [5.74, 6) is -0.328. The van der Waals surface area contributed by atoms with Crippen LogP contribution in [-0.4, -0.2) is 13.0 Å². The maximum Gasteiger partial charge on any atom is 0.417 e. The molecule has 2 aromatic carbocycles. The van der Waals surface area contributed by atoms with Crippen LogP contribution in [0.25, 0.3) is 0 Å². The van der Waals surface area contributed by atoms with Gasteiger partial charge in [0, 0.05) is 16.8 Å². The Hall–Kier alpha value is -1.92. The summed E-state index contributed by atoms with van der Waals surface area (Å²) < 4.78 is 44.2. The van der Waals surface area contributed by atoms with Crippen LogP contribution in [0.2, 0.25) is 5.02 Å². The molecule has 24 heavy (non-hydrogen) atoms. The van der Waals surface area contributed by atoms with Crippen LogP contribution in [-0.2, 0) is 15.8 Å². The predicted molar refractivity (Wildman–Crippen MR) is 84.7 cm³/mol. The maximum atomic E-state index is 13.0. The lowest BCUT2D eigenvalue weighted by atomic mass is 9.90. The first-order valence-corrected chi connectivity index (χ1v) is 7.50. The van der Waals surface area contributed by atoms with Crippen LogP contribution >= 0.6 is 23.2 Å². The van der Waals surface area contributed by atoms with Crippen LogP contribution in [0.4, 0.5) is 18.9 Å². The number of carbonyl (C=O) groups is 1. The highest BCUT2D eigenvalue weighted by atomic mass is 35.5. The van der Waals surface area contributed by atoms with E-state index in [1.54, 1.807) is 24.3 Å². The van der Waals surface area contributed by atoms with Gasteiger partial charge in [-0.25, -0.2) is 0 Å². The minimum absolute atomic E-state index is 0.0300. The normalized spacial score (nSPS) is 19.8. The van der Waals surface area contributed by atoms with E-state index in [9.17, 15) is 18.0 Å². The first-order chi connectivity index (χ1) is 11.2. The number of hydrogen-bond acceptors (Lipinski definition) is 2. The first-order valence-electron chi connectivity index (χ1n) is 6.74. The number of carbonyl (C=O) groups excluding carboxylic acids is 1. The minimum atomic E-state index is -4.64. The van der Waals surface area contributed by atoms with Gasteiger partial charge in [0.25, 0.3) is 5.91 Å². The molecule has 0 aromatic heterocycles. The standard InChI is InChI=1S/C16H10Cl2F3NO2/c1-24-13-5-3-2-4-8(13)15(18)10-6-11(17)9(16(19,20)21)7-12(10)22-14(15)23/h2-7H,1H3,(H,22,23). The van der Waals surface area contributed by atoms with Crippen LogP contribution < -0.4 is 10.1 Å². The molecule has 1 N–H and O–H groups in total. The van der Waals surface area contributed by atoms with Gasteiger partial charge in [-0.3, -0.25) is 4.79 Å². The number of ether oxygens (including phenoxy) is 1. The average Bonchev–Trinajstić information content (AvgIpc) is 2.77. The van der Waals surface area contributed by atoms with Gasteiger partial charge in [-0.15, -0.1) is 0 Å². The summed E-state index contributed by atoms with van der Waals surface area (Å²) in [4.78, 5) is 10.7. The first kappa shape index (κ1) is 16.9. The molecule has 0 radical (unpaired) electrons. The Bertz CT molecular complexity index is 839. The molecule has 2 aromatic rings. The lowest BCUT2D eigenvalue weighted by Gasteiger charge is -2.23. The number of para-hydroxylation sites is 1. The lowest BCUT2D eigenvalue weighted by Crippen LogP contribution is -2.30. The van der Waals surface area contributed by atoms with E-state index in [0.29, 0.717) is 11.3 Å². The second kappa shape index (κ2) is 5.57. The van der Waals surface area contributed by atoms with Crippen molar-refractivity contribution in [3.05, 3.63) is 58.1 Å². The fourth-order valence-corrected chi connectivity index (χ4v) is 3.34. The van der Waals surface area contributed by atoms with Gasteiger partial charge in [-0.05, 0) is 18.2 Å². The monoisotopic (exact) mass is 375 g/mol.